The molecule has 0 unspecified atom stereocenters. The Morgan fingerprint density at radius 2 is 2.00 bits per heavy atom. The van der Waals surface area contributed by atoms with Gasteiger partial charge in [-0.2, -0.15) is 11.8 Å². The SMILES string of the molecule is CCSCCC(=O)N(CC(=O)OC)Cc1ccccc1C. The summed E-state index contributed by atoms with van der Waals surface area (Å²) in [6, 6.07) is 7.88. The molecule has 0 saturated heterocycles. The fourth-order valence-electron chi connectivity index (χ4n) is 1.91. The molecular weight excluding hydrogens is 286 g/mol. The lowest BCUT2D eigenvalue weighted by atomic mass is 10.1. The first-order valence-corrected chi connectivity index (χ1v) is 8.20. The Kier molecular flexibility index (Phi) is 7.90. The summed E-state index contributed by atoms with van der Waals surface area (Å²) in [4.78, 5) is 25.4. The molecule has 0 spiro atoms. The zero-order chi connectivity index (χ0) is 15.7. The molecule has 0 N–H and O–H groups in total. The Bertz CT molecular complexity index is 476. The summed E-state index contributed by atoms with van der Waals surface area (Å²) in [5.41, 5.74) is 2.17. The summed E-state index contributed by atoms with van der Waals surface area (Å²) < 4.78 is 4.69. The third kappa shape index (κ3) is 6.21. The molecule has 4 nitrogen and oxygen atoms in total. The number of hydrogen-bond acceptors (Lipinski definition) is 4. The van der Waals surface area contributed by atoms with Gasteiger partial charge in [0.15, 0.2) is 0 Å². The highest BCUT2D eigenvalue weighted by Gasteiger charge is 2.18. The number of amides is 1. The second kappa shape index (κ2) is 9.45. The van der Waals surface area contributed by atoms with E-state index in [-0.39, 0.29) is 18.4 Å². The van der Waals surface area contributed by atoms with Crippen LogP contribution in [0.3, 0.4) is 0 Å². The first-order chi connectivity index (χ1) is 10.1. The van der Waals surface area contributed by atoms with Gasteiger partial charge in [-0.1, -0.05) is 31.2 Å². The van der Waals surface area contributed by atoms with Gasteiger partial charge in [0.1, 0.15) is 6.54 Å². The Hall–Kier alpha value is -1.49. The number of benzene rings is 1. The first kappa shape index (κ1) is 17.6. The molecule has 1 amide bonds. The molecule has 0 aliphatic heterocycles. The third-order valence-corrected chi connectivity index (χ3v) is 4.09. The van der Waals surface area contributed by atoms with Crippen LogP contribution in [-0.2, 0) is 20.9 Å². The standard InChI is InChI=1S/C16H23NO3S/c1-4-21-10-9-15(18)17(12-16(19)20-3)11-14-8-6-5-7-13(14)2/h5-8H,4,9-12H2,1-3H3. The second-order valence-electron chi connectivity index (χ2n) is 4.70. The van der Waals surface area contributed by atoms with Crippen molar-refractivity contribution in [1.29, 1.82) is 0 Å². The molecule has 1 aromatic carbocycles. The number of carbonyl (C=O) groups excluding carboxylic acids is 2. The van der Waals surface area contributed by atoms with Gasteiger partial charge in [-0.25, -0.2) is 0 Å². The van der Waals surface area contributed by atoms with Crippen LogP contribution >= 0.6 is 11.8 Å². The van der Waals surface area contributed by atoms with Crippen molar-refractivity contribution in [2.75, 3.05) is 25.2 Å². The minimum Gasteiger partial charge on any atom is -0.468 e. The van der Waals surface area contributed by atoms with E-state index in [1.165, 1.54) is 7.11 Å². The lowest BCUT2D eigenvalue weighted by Crippen LogP contribution is -2.36. The Balaban J connectivity index is 2.74. The van der Waals surface area contributed by atoms with Crippen LogP contribution < -0.4 is 0 Å². The maximum absolute atomic E-state index is 12.3. The molecule has 0 bridgehead atoms. The summed E-state index contributed by atoms with van der Waals surface area (Å²) in [6.45, 7) is 4.51. The highest BCUT2D eigenvalue weighted by Crippen LogP contribution is 2.12. The molecule has 5 heteroatoms. The number of nitrogens with zero attached hydrogens (tertiary/aromatic N) is 1. The molecule has 0 radical (unpaired) electrons. The molecule has 1 rings (SSSR count). The van der Waals surface area contributed by atoms with E-state index in [0.717, 1.165) is 22.6 Å². The summed E-state index contributed by atoms with van der Waals surface area (Å²) in [6.07, 6.45) is 0.446. The Labute approximate surface area is 130 Å². The Morgan fingerprint density at radius 1 is 1.29 bits per heavy atom. The van der Waals surface area contributed by atoms with Gasteiger partial charge in [0, 0.05) is 18.7 Å². The highest BCUT2D eigenvalue weighted by molar-refractivity contribution is 7.99. The molecule has 21 heavy (non-hydrogen) atoms. The quantitative estimate of drug-likeness (QED) is 0.547. The van der Waals surface area contributed by atoms with E-state index in [2.05, 4.69) is 11.7 Å². The predicted octanol–water partition coefficient (Wildman–Crippen LogP) is 2.64. The fourth-order valence-corrected chi connectivity index (χ4v) is 2.52. The smallest absolute Gasteiger partial charge is 0.325 e. The van der Waals surface area contributed by atoms with Crippen molar-refractivity contribution in [3.05, 3.63) is 35.4 Å². The zero-order valence-corrected chi connectivity index (χ0v) is 13.7. The predicted molar refractivity (Wildman–Crippen MR) is 86.2 cm³/mol. The van der Waals surface area contributed by atoms with E-state index in [0.29, 0.717) is 13.0 Å². The minimum atomic E-state index is -0.389. The van der Waals surface area contributed by atoms with Crippen LogP contribution in [0.1, 0.15) is 24.5 Å². The van der Waals surface area contributed by atoms with Gasteiger partial charge in [0.05, 0.1) is 7.11 Å². The molecule has 116 valence electrons. The van der Waals surface area contributed by atoms with Crippen LogP contribution in [0.25, 0.3) is 0 Å². The van der Waals surface area contributed by atoms with Crippen molar-refractivity contribution in [2.45, 2.75) is 26.8 Å². The summed E-state index contributed by atoms with van der Waals surface area (Å²) in [5, 5.41) is 0. The molecule has 0 atom stereocenters. The molecular formula is C16H23NO3S. The average molecular weight is 309 g/mol. The molecule has 0 fully saturated rings. The van der Waals surface area contributed by atoms with Gasteiger partial charge in [0.25, 0.3) is 0 Å². The van der Waals surface area contributed by atoms with Crippen LogP contribution in [0.2, 0.25) is 0 Å². The molecule has 0 aliphatic rings. The molecule has 0 aromatic heterocycles. The number of carbonyl (C=O) groups is 2. The van der Waals surface area contributed by atoms with Crippen LogP contribution in [-0.4, -0.2) is 41.9 Å². The summed E-state index contributed by atoms with van der Waals surface area (Å²) in [7, 11) is 1.34. The second-order valence-corrected chi connectivity index (χ2v) is 6.09. The van der Waals surface area contributed by atoms with Crippen molar-refractivity contribution in [2.24, 2.45) is 0 Å². The van der Waals surface area contributed by atoms with E-state index in [4.69, 9.17) is 0 Å². The van der Waals surface area contributed by atoms with E-state index in [1.807, 2.05) is 31.2 Å². The maximum atomic E-state index is 12.3. The monoisotopic (exact) mass is 309 g/mol. The lowest BCUT2D eigenvalue weighted by molar-refractivity contribution is -0.147. The van der Waals surface area contributed by atoms with E-state index < -0.39 is 0 Å². The van der Waals surface area contributed by atoms with Crippen LogP contribution in [0.15, 0.2) is 24.3 Å². The third-order valence-electron chi connectivity index (χ3n) is 3.19. The van der Waals surface area contributed by atoms with Crippen LogP contribution in [0.5, 0.6) is 0 Å². The van der Waals surface area contributed by atoms with Gasteiger partial charge < -0.3 is 9.64 Å². The Morgan fingerprint density at radius 3 is 2.62 bits per heavy atom. The van der Waals surface area contributed by atoms with Crippen molar-refractivity contribution < 1.29 is 14.3 Å². The van der Waals surface area contributed by atoms with Crippen molar-refractivity contribution >= 4 is 23.6 Å². The molecule has 0 aliphatic carbocycles. The molecule has 0 heterocycles. The number of methoxy groups -OCH3 is 1. The molecule has 0 saturated carbocycles. The first-order valence-electron chi connectivity index (χ1n) is 7.05. The summed E-state index contributed by atoms with van der Waals surface area (Å²) >= 11 is 1.72. The van der Waals surface area contributed by atoms with Crippen LogP contribution in [0, 0.1) is 6.92 Å². The lowest BCUT2D eigenvalue weighted by Gasteiger charge is -2.22. The normalized spacial score (nSPS) is 10.2. The van der Waals surface area contributed by atoms with Crippen molar-refractivity contribution in [3.63, 3.8) is 0 Å². The number of esters is 1. The number of hydrogen-bond donors (Lipinski definition) is 0. The van der Waals surface area contributed by atoms with E-state index >= 15 is 0 Å². The number of ether oxygens (including phenoxy) is 1. The zero-order valence-electron chi connectivity index (χ0n) is 12.9. The van der Waals surface area contributed by atoms with Crippen LogP contribution in [0.4, 0.5) is 0 Å². The number of rotatable bonds is 8. The fraction of sp³-hybridized carbons (Fsp3) is 0.500. The maximum Gasteiger partial charge on any atom is 0.325 e. The number of aryl methyl sites for hydroxylation is 1. The largest absolute Gasteiger partial charge is 0.468 e. The highest BCUT2D eigenvalue weighted by atomic mass is 32.2. The van der Waals surface area contributed by atoms with E-state index in [9.17, 15) is 9.59 Å². The van der Waals surface area contributed by atoms with Crippen molar-refractivity contribution in [3.8, 4) is 0 Å². The van der Waals surface area contributed by atoms with Gasteiger partial charge in [0.2, 0.25) is 5.91 Å². The van der Waals surface area contributed by atoms with Gasteiger partial charge in [-0.15, -0.1) is 0 Å². The molecule has 1 aromatic rings. The van der Waals surface area contributed by atoms with Gasteiger partial charge in [-0.05, 0) is 23.8 Å². The summed E-state index contributed by atoms with van der Waals surface area (Å²) in [5.74, 6) is 1.37. The van der Waals surface area contributed by atoms with Gasteiger partial charge >= 0.3 is 5.97 Å². The van der Waals surface area contributed by atoms with Crippen molar-refractivity contribution in [1.82, 2.24) is 4.90 Å². The number of thioether (sulfide) groups is 1. The minimum absolute atomic E-state index is 0.000456. The van der Waals surface area contributed by atoms with Gasteiger partial charge in [-0.3, -0.25) is 9.59 Å². The average Bonchev–Trinajstić information content (AvgIpc) is 2.48. The topological polar surface area (TPSA) is 46.6 Å². The van der Waals surface area contributed by atoms with E-state index in [1.54, 1.807) is 16.7 Å².